The number of hydrogen-bond donors (Lipinski definition) is 0. The molecule has 18 heavy (non-hydrogen) atoms. The van der Waals surface area contributed by atoms with E-state index in [1.54, 1.807) is 0 Å². The SMILES string of the molecule is Brc1ccccc1[C]12[CH]3[CH]4[CH]5[CH]1[Fe]45321678[CH]2[CH]1[CH]6[CH]7[CH]28. The fourth-order valence-electron chi connectivity index (χ4n) is 17.7. The monoisotopic (exact) mass is 340 g/mol. The maximum atomic E-state index is 3.93. The third-order valence-corrected chi connectivity index (χ3v) is 59.0. The van der Waals surface area contributed by atoms with Crippen molar-refractivity contribution in [2.45, 2.75) is 47.7 Å². The summed E-state index contributed by atoms with van der Waals surface area (Å²) >= 11 is 3.93. The number of benzene rings is 1. The van der Waals surface area contributed by atoms with Crippen LogP contribution >= 0.6 is 15.9 Å². The molecule has 10 saturated heterocycles. The number of hydrogen-bond acceptors (Lipinski definition) is 0. The van der Waals surface area contributed by atoms with Gasteiger partial charge in [-0.2, -0.15) is 0 Å². The van der Waals surface area contributed by atoms with Crippen molar-refractivity contribution in [3.8, 4) is 0 Å². The molecule has 0 bridgehead atoms. The molecule has 4 unspecified atom stereocenters. The second-order valence-electron chi connectivity index (χ2n) is 11.2. The van der Waals surface area contributed by atoms with Gasteiger partial charge in [-0.05, 0) is 0 Å². The Labute approximate surface area is 104 Å². The van der Waals surface area contributed by atoms with Gasteiger partial charge in [-0.15, -0.1) is 0 Å². The van der Waals surface area contributed by atoms with Crippen LogP contribution in [0.25, 0.3) is 0 Å². The van der Waals surface area contributed by atoms with Gasteiger partial charge >= 0.3 is 104 Å². The second kappa shape index (κ2) is 0.582. The summed E-state index contributed by atoms with van der Waals surface area (Å²) in [7, 11) is 0. The average Bonchev–Trinajstić information content (AvgIpc) is 3.33. The van der Waals surface area contributed by atoms with E-state index in [9.17, 15) is 0 Å². The van der Waals surface area contributed by atoms with Crippen LogP contribution in [0.1, 0.15) is 5.56 Å². The zero-order valence-corrected chi connectivity index (χ0v) is 12.4. The number of halogens is 1. The average molecular weight is 341 g/mol. The predicted octanol–water partition coefficient (Wildman–Crippen LogP) is 5.25. The Balaban J connectivity index is 1.61. The van der Waals surface area contributed by atoms with Gasteiger partial charge in [0, 0.05) is 0 Å². The van der Waals surface area contributed by atoms with Crippen molar-refractivity contribution in [3.05, 3.63) is 34.3 Å². The van der Waals surface area contributed by atoms with Crippen LogP contribution in [0.5, 0.6) is 0 Å². The molecule has 0 amide bonds. The molecule has 0 aliphatic carbocycles. The summed E-state index contributed by atoms with van der Waals surface area (Å²) in [6.07, 6.45) is 0. The van der Waals surface area contributed by atoms with E-state index in [1.807, 2.05) is 5.56 Å². The topological polar surface area (TPSA) is 0 Å². The first-order chi connectivity index (χ1) is 8.56. The van der Waals surface area contributed by atoms with Gasteiger partial charge in [-0.1, -0.05) is 0 Å². The van der Waals surface area contributed by atoms with Gasteiger partial charge in [0.25, 0.3) is 0 Å². The second-order valence-corrected chi connectivity index (χ2v) is 35.6. The van der Waals surface area contributed by atoms with Gasteiger partial charge < -0.3 is 0 Å². The van der Waals surface area contributed by atoms with Crippen molar-refractivity contribution in [1.29, 1.82) is 0 Å². The van der Waals surface area contributed by atoms with Gasteiger partial charge in [-0.3, -0.25) is 0 Å². The minimum absolute atomic E-state index is 0.930. The predicted molar refractivity (Wildman–Crippen MR) is 69.6 cm³/mol. The van der Waals surface area contributed by atoms with Crippen LogP contribution in [0.15, 0.2) is 28.7 Å². The van der Waals surface area contributed by atoms with Gasteiger partial charge in [0.05, 0.1) is 0 Å². The zero-order chi connectivity index (χ0) is 11.0. The van der Waals surface area contributed by atoms with E-state index in [0.29, 0.717) is 0 Å². The first-order valence-electron chi connectivity index (χ1n) is 7.52. The molecule has 10 fully saturated rings. The molecule has 2 heteroatoms. The van der Waals surface area contributed by atoms with Gasteiger partial charge in [0.15, 0.2) is 0 Å². The fraction of sp³-hybridized carbons (Fsp3) is 0.625. The third-order valence-electron chi connectivity index (χ3n) is 16.0. The first kappa shape index (κ1) is 6.78. The van der Waals surface area contributed by atoms with Gasteiger partial charge in [0.2, 0.25) is 0 Å². The van der Waals surface area contributed by atoms with Crippen LogP contribution in [0, 0.1) is 0 Å². The molecule has 1 aromatic carbocycles. The molecule has 11 rings (SSSR count). The van der Waals surface area contributed by atoms with E-state index >= 15 is 0 Å². The summed E-state index contributed by atoms with van der Waals surface area (Å²) in [5.41, 5.74) is 1.84. The van der Waals surface area contributed by atoms with Crippen molar-refractivity contribution >= 4 is 15.9 Å². The van der Waals surface area contributed by atoms with Gasteiger partial charge in [-0.25, -0.2) is 0 Å². The molecule has 0 saturated carbocycles. The summed E-state index contributed by atoms with van der Waals surface area (Å²) < 4.78 is 2.41. The number of fused-ring (bicyclic) bond motifs is 10. The summed E-state index contributed by atoms with van der Waals surface area (Å²) in [5, 5.41) is 0. The summed E-state index contributed by atoms with van der Waals surface area (Å²) in [5.74, 6) is 0. The van der Waals surface area contributed by atoms with E-state index in [0.717, 1.165) is 4.31 Å². The molecule has 10 heterocycles. The molecule has 1 spiro atoms. The minimum atomic E-state index is -2.89. The summed E-state index contributed by atoms with van der Waals surface area (Å²) in [6.45, 7) is -2.89. The fourth-order valence-corrected chi connectivity index (χ4v) is 92.7. The molecule has 0 aromatic heterocycles. The van der Waals surface area contributed by atoms with Gasteiger partial charge in [0.1, 0.15) is 0 Å². The Kier molecular flexibility index (Phi) is 0.219. The third kappa shape index (κ3) is 0.0709. The van der Waals surface area contributed by atoms with E-state index in [2.05, 4.69) is 40.2 Å². The standard InChI is InChI=1S/C11H8Br.C5H5.Fe/c12-11-8-4-3-7-10(11)9-5-1-2-6-9;1-2-4-5-3-1;/h1-8H;1-5H;. The molecule has 4 atom stereocenters. The Morgan fingerprint density at radius 2 is 1.39 bits per heavy atom. The van der Waals surface area contributed by atoms with Crippen molar-refractivity contribution in [3.63, 3.8) is 0 Å². The molecule has 10 aliphatic rings. The molecule has 10 aliphatic heterocycles. The maximum absolute atomic E-state index is 3.93. The molecular weight excluding hydrogens is 328 g/mol. The Morgan fingerprint density at radius 3 is 1.78 bits per heavy atom. The molecule has 0 nitrogen and oxygen atoms in total. The van der Waals surface area contributed by atoms with Crippen molar-refractivity contribution in [1.82, 2.24) is 0 Å². The van der Waals surface area contributed by atoms with E-state index in [-0.39, 0.29) is 0 Å². The van der Waals surface area contributed by atoms with E-state index < -0.39 is 6.51 Å². The Bertz CT molecular complexity index is 1080. The van der Waals surface area contributed by atoms with Crippen LogP contribution in [0.3, 0.4) is 0 Å². The van der Waals surface area contributed by atoms with Crippen LogP contribution in [0.4, 0.5) is 0 Å². The Hall–Kier alpha value is 0.219. The molecule has 0 N–H and O–H groups in total. The first-order valence-corrected chi connectivity index (χ1v) is 14.6. The van der Waals surface area contributed by atoms with Crippen LogP contribution < -0.4 is 0 Å². The summed E-state index contributed by atoms with van der Waals surface area (Å²) in [4.78, 5) is 12.9. The zero-order valence-electron chi connectivity index (χ0n) is 9.74. The normalized spacial score (nSPS) is 113. The molecule has 92 valence electrons. The molecule has 1 aromatic rings. The van der Waals surface area contributed by atoms with Crippen LogP contribution in [0.2, 0.25) is 43.3 Å². The summed E-state index contributed by atoms with van der Waals surface area (Å²) in [6, 6.07) is 9.41. The number of rotatable bonds is 1. The quantitative estimate of drug-likeness (QED) is 0.613. The van der Waals surface area contributed by atoms with Crippen molar-refractivity contribution < 1.29 is 6.51 Å². The van der Waals surface area contributed by atoms with Crippen molar-refractivity contribution in [2.24, 2.45) is 0 Å². The van der Waals surface area contributed by atoms with E-state index in [4.69, 9.17) is 0 Å². The molecular formula is C16H13BrFe. The van der Waals surface area contributed by atoms with Crippen LogP contribution in [-0.4, -0.2) is 0 Å². The Morgan fingerprint density at radius 1 is 0.833 bits per heavy atom. The van der Waals surface area contributed by atoms with E-state index in [1.165, 1.54) is 47.8 Å². The molecule has 0 radical (unpaired) electrons. The van der Waals surface area contributed by atoms with Crippen LogP contribution in [-0.2, 0) is 10.8 Å². The van der Waals surface area contributed by atoms with Crippen molar-refractivity contribution in [2.75, 3.05) is 0 Å².